The summed E-state index contributed by atoms with van der Waals surface area (Å²) in [5.41, 5.74) is 3.94. The van der Waals surface area contributed by atoms with Gasteiger partial charge in [-0.25, -0.2) is 4.98 Å². The van der Waals surface area contributed by atoms with Crippen LogP contribution in [0.15, 0.2) is 12.3 Å². The van der Waals surface area contributed by atoms with Gasteiger partial charge >= 0.3 is 6.18 Å². The van der Waals surface area contributed by atoms with E-state index in [1.165, 1.54) is 0 Å². The third-order valence-electron chi connectivity index (χ3n) is 1.49. The molecule has 1 heterocycles. The van der Waals surface area contributed by atoms with Crippen molar-refractivity contribution in [2.24, 2.45) is 0 Å². The van der Waals surface area contributed by atoms with Crippen LogP contribution in [0.5, 0.6) is 0 Å². The SMILES string of the molecule is Nc1cc(CO)c(C(F)(F)F)cn1. The molecule has 1 aromatic heterocycles. The molecule has 0 unspecified atom stereocenters. The molecule has 0 amide bonds. The highest BCUT2D eigenvalue weighted by Gasteiger charge is 2.33. The Morgan fingerprint density at radius 1 is 1.46 bits per heavy atom. The van der Waals surface area contributed by atoms with Crippen LogP contribution in [0.1, 0.15) is 11.1 Å². The molecule has 72 valence electrons. The minimum atomic E-state index is -4.50. The minimum absolute atomic E-state index is 0.0444. The van der Waals surface area contributed by atoms with E-state index in [9.17, 15) is 13.2 Å². The van der Waals surface area contributed by atoms with E-state index in [4.69, 9.17) is 10.8 Å². The topological polar surface area (TPSA) is 59.1 Å². The van der Waals surface area contributed by atoms with Crippen molar-refractivity contribution in [1.82, 2.24) is 4.98 Å². The molecule has 0 aliphatic carbocycles. The molecule has 0 aliphatic heterocycles. The van der Waals surface area contributed by atoms with Gasteiger partial charge in [-0.15, -0.1) is 0 Å². The second kappa shape index (κ2) is 3.21. The van der Waals surface area contributed by atoms with Gasteiger partial charge in [-0.2, -0.15) is 13.2 Å². The van der Waals surface area contributed by atoms with Crippen molar-refractivity contribution in [3.63, 3.8) is 0 Å². The fraction of sp³-hybridized carbons (Fsp3) is 0.286. The van der Waals surface area contributed by atoms with Crippen molar-refractivity contribution < 1.29 is 18.3 Å². The minimum Gasteiger partial charge on any atom is -0.392 e. The van der Waals surface area contributed by atoms with Crippen molar-refractivity contribution in [2.45, 2.75) is 12.8 Å². The lowest BCUT2D eigenvalue weighted by Crippen LogP contribution is -2.10. The summed E-state index contributed by atoms with van der Waals surface area (Å²) in [7, 11) is 0. The Hall–Kier alpha value is -1.30. The van der Waals surface area contributed by atoms with E-state index in [-0.39, 0.29) is 11.4 Å². The van der Waals surface area contributed by atoms with Crippen molar-refractivity contribution in [2.75, 3.05) is 5.73 Å². The maximum absolute atomic E-state index is 12.2. The quantitative estimate of drug-likeness (QED) is 0.702. The van der Waals surface area contributed by atoms with E-state index in [1.807, 2.05) is 0 Å². The van der Waals surface area contributed by atoms with Crippen LogP contribution in [0, 0.1) is 0 Å². The van der Waals surface area contributed by atoms with Gasteiger partial charge < -0.3 is 10.8 Å². The zero-order chi connectivity index (χ0) is 10.1. The Morgan fingerprint density at radius 2 is 2.08 bits per heavy atom. The molecule has 0 radical (unpaired) electrons. The average Bonchev–Trinajstić information content (AvgIpc) is 2.01. The van der Waals surface area contributed by atoms with Gasteiger partial charge in [-0.1, -0.05) is 0 Å². The number of aromatic nitrogens is 1. The van der Waals surface area contributed by atoms with Crippen molar-refractivity contribution in [1.29, 1.82) is 0 Å². The lowest BCUT2D eigenvalue weighted by Gasteiger charge is -2.10. The summed E-state index contributed by atoms with van der Waals surface area (Å²) in [6.45, 7) is -0.707. The number of aliphatic hydroxyl groups excluding tert-OH is 1. The summed E-state index contributed by atoms with van der Waals surface area (Å²) in [4.78, 5) is 3.30. The third kappa shape index (κ3) is 2.09. The first-order valence-electron chi connectivity index (χ1n) is 3.37. The first-order valence-corrected chi connectivity index (χ1v) is 3.37. The van der Waals surface area contributed by atoms with E-state index in [0.29, 0.717) is 6.20 Å². The number of hydrogen-bond donors (Lipinski definition) is 2. The Kier molecular flexibility index (Phi) is 2.42. The van der Waals surface area contributed by atoms with Crippen LogP contribution in [0.4, 0.5) is 19.0 Å². The lowest BCUT2D eigenvalue weighted by molar-refractivity contribution is -0.138. The second-order valence-electron chi connectivity index (χ2n) is 2.42. The number of anilines is 1. The van der Waals surface area contributed by atoms with Gasteiger partial charge in [0, 0.05) is 6.20 Å². The molecule has 0 fully saturated rings. The molecule has 6 heteroatoms. The smallest absolute Gasteiger partial charge is 0.392 e. The number of nitrogens with zero attached hydrogens (tertiary/aromatic N) is 1. The molecule has 0 saturated heterocycles. The molecule has 3 N–H and O–H groups in total. The maximum Gasteiger partial charge on any atom is 0.418 e. The molecule has 0 aromatic carbocycles. The normalized spacial score (nSPS) is 11.7. The van der Waals surface area contributed by atoms with Crippen LogP contribution in [-0.2, 0) is 12.8 Å². The van der Waals surface area contributed by atoms with Gasteiger partial charge in [0.15, 0.2) is 0 Å². The molecular formula is C7H7F3N2O. The van der Waals surface area contributed by atoms with Gasteiger partial charge in [0.25, 0.3) is 0 Å². The highest BCUT2D eigenvalue weighted by atomic mass is 19.4. The predicted molar refractivity (Wildman–Crippen MR) is 39.6 cm³/mol. The molecule has 1 rings (SSSR count). The number of aliphatic hydroxyl groups is 1. The molecule has 3 nitrogen and oxygen atoms in total. The summed E-state index contributed by atoms with van der Waals surface area (Å²) < 4.78 is 36.5. The number of halogens is 3. The zero-order valence-corrected chi connectivity index (χ0v) is 6.47. The zero-order valence-electron chi connectivity index (χ0n) is 6.47. The first-order chi connectivity index (χ1) is 5.95. The van der Waals surface area contributed by atoms with Crippen LogP contribution in [-0.4, -0.2) is 10.1 Å². The van der Waals surface area contributed by atoms with E-state index in [0.717, 1.165) is 6.07 Å². The van der Waals surface area contributed by atoms with Crippen molar-refractivity contribution in [3.8, 4) is 0 Å². The monoisotopic (exact) mass is 192 g/mol. The van der Waals surface area contributed by atoms with Crippen LogP contribution in [0.3, 0.4) is 0 Å². The Bertz CT molecular complexity index is 311. The van der Waals surface area contributed by atoms with Gasteiger partial charge in [0.1, 0.15) is 5.82 Å². The first kappa shape index (κ1) is 9.79. The second-order valence-corrected chi connectivity index (χ2v) is 2.42. The van der Waals surface area contributed by atoms with Crippen LogP contribution in [0.2, 0.25) is 0 Å². The highest BCUT2D eigenvalue weighted by Crippen LogP contribution is 2.31. The highest BCUT2D eigenvalue weighted by molar-refractivity contribution is 5.37. The summed E-state index contributed by atoms with van der Waals surface area (Å²) in [6, 6.07) is 1.00. The Balaban J connectivity index is 3.22. The molecule has 13 heavy (non-hydrogen) atoms. The number of rotatable bonds is 1. The molecule has 0 spiro atoms. The van der Waals surface area contributed by atoms with Crippen molar-refractivity contribution >= 4 is 5.82 Å². The molecule has 0 saturated carbocycles. The van der Waals surface area contributed by atoms with Gasteiger partial charge in [-0.05, 0) is 11.6 Å². The third-order valence-corrected chi connectivity index (χ3v) is 1.49. The molecular weight excluding hydrogens is 185 g/mol. The predicted octanol–water partition coefficient (Wildman–Crippen LogP) is 1.17. The van der Waals surface area contributed by atoms with Crippen LogP contribution >= 0.6 is 0 Å². The van der Waals surface area contributed by atoms with E-state index in [2.05, 4.69) is 4.98 Å². The van der Waals surface area contributed by atoms with Gasteiger partial charge in [-0.3, -0.25) is 0 Å². The standard InChI is InChI=1S/C7H7F3N2O/c8-7(9,10)5-2-12-6(11)1-4(5)3-13/h1-2,13H,3H2,(H2,11,12). The number of alkyl halides is 3. The van der Waals surface area contributed by atoms with Crippen molar-refractivity contribution in [3.05, 3.63) is 23.4 Å². The summed E-state index contributed by atoms with van der Waals surface area (Å²) in [6.07, 6.45) is -3.89. The van der Waals surface area contributed by atoms with Gasteiger partial charge in [0.2, 0.25) is 0 Å². The van der Waals surface area contributed by atoms with E-state index >= 15 is 0 Å². The van der Waals surface area contributed by atoms with Gasteiger partial charge in [0.05, 0.1) is 12.2 Å². The fourth-order valence-corrected chi connectivity index (χ4v) is 0.902. The lowest BCUT2D eigenvalue weighted by atomic mass is 10.1. The van der Waals surface area contributed by atoms with E-state index in [1.54, 1.807) is 0 Å². The largest absolute Gasteiger partial charge is 0.418 e. The summed E-state index contributed by atoms with van der Waals surface area (Å²) in [5.74, 6) is -0.0444. The Morgan fingerprint density at radius 3 is 2.54 bits per heavy atom. The average molecular weight is 192 g/mol. The molecule has 0 aliphatic rings. The van der Waals surface area contributed by atoms with E-state index < -0.39 is 18.3 Å². The molecule has 0 bridgehead atoms. The Labute approximate surface area is 72.0 Å². The fourth-order valence-electron chi connectivity index (χ4n) is 0.902. The van der Waals surface area contributed by atoms with Crippen LogP contribution in [0.25, 0.3) is 0 Å². The summed E-state index contributed by atoms with van der Waals surface area (Å²) >= 11 is 0. The van der Waals surface area contributed by atoms with Crippen LogP contribution < -0.4 is 5.73 Å². The number of hydrogen-bond acceptors (Lipinski definition) is 3. The number of nitrogen functional groups attached to an aromatic ring is 1. The number of nitrogens with two attached hydrogens (primary N) is 1. The summed E-state index contributed by atoms with van der Waals surface area (Å²) in [5, 5.41) is 8.62. The maximum atomic E-state index is 12.2. The number of pyridine rings is 1. The molecule has 0 atom stereocenters. The molecule has 1 aromatic rings.